The zero-order valence-corrected chi connectivity index (χ0v) is 11.3. The Labute approximate surface area is 110 Å². The molecule has 1 N–H and O–H groups in total. The van der Waals surface area contributed by atoms with E-state index in [1.165, 1.54) is 0 Å². The lowest BCUT2D eigenvalue weighted by Gasteiger charge is -2.37. The molecule has 1 heterocycles. The molecular weight excluding hydrogens is 256 g/mol. The van der Waals surface area contributed by atoms with Gasteiger partial charge in [-0.25, -0.2) is 0 Å². The van der Waals surface area contributed by atoms with Gasteiger partial charge in [0.25, 0.3) is 0 Å². The van der Waals surface area contributed by atoms with Crippen molar-refractivity contribution in [3.05, 3.63) is 29.8 Å². The Morgan fingerprint density at radius 2 is 2.00 bits per heavy atom. The molecule has 1 unspecified atom stereocenters. The van der Waals surface area contributed by atoms with Crippen molar-refractivity contribution in [1.29, 1.82) is 0 Å². The van der Waals surface area contributed by atoms with E-state index in [1.807, 2.05) is 23.9 Å². The summed E-state index contributed by atoms with van der Waals surface area (Å²) in [5, 5.41) is 3.56. The van der Waals surface area contributed by atoms with Crippen LogP contribution in [0.2, 0.25) is 0 Å². The van der Waals surface area contributed by atoms with Crippen LogP contribution in [-0.4, -0.2) is 23.7 Å². The molecule has 100 valence electrons. The van der Waals surface area contributed by atoms with E-state index in [9.17, 15) is 8.78 Å². The number of nitrogens with one attached hydrogen (secondary N) is 1. The van der Waals surface area contributed by atoms with E-state index in [0.717, 1.165) is 17.1 Å². The van der Waals surface area contributed by atoms with Crippen LogP contribution in [0, 0.1) is 0 Å². The molecule has 1 aromatic carbocycles. The molecule has 0 aliphatic carbocycles. The van der Waals surface area contributed by atoms with Gasteiger partial charge in [0.2, 0.25) is 0 Å². The first kappa shape index (κ1) is 13.6. The quantitative estimate of drug-likeness (QED) is 0.911. The monoisotopic (exact) mass is 273 g/mol. The summed E-state index contributed by atoms with van der Waals surface area (Å²) < 4.78 is 28.4. The van der Waals surface area contributed by atoms with E-state index in [-0.39, 0.29) is 17.3 Å². The summed E-state index contributed by atoms with van der Waals surface area (Å²) in [5.41, 5.74) is 1.21. The highest BCUT2D eigenvalue weighted by atomic mass is 32.2. The molecule has 0 saturated carbocycles. The average Bonchev–Trinajstić information content (AvgIpc) is 2.28. The first-order chi connectivity index (χ1) is 8.46. The normalized spacial score (nSPS) is 23.1. The predicted molar refractivity (Wildman–Crippen MR) is 70.4 cm³/mol. The summed E-state index contributed by atoms with van der Waals surface area (Å²) in [5.74, 6) is 2.28. The van der Waals surface area contributed by atoms with Gasteiger partial charge in [0, 0.05) is 23.1 Å². The maximum absolute atomic E-state index is 12.0. The summed E-state index contributed by atoms with van der Waals surface area (Å²) in [7, 11) is 0. The minimum absolute atomic E-state index is 0.103. The van der Waals surface area contributed by atoms with Crippen LogP contribution in [0.15, 0.2) is 24.3 Å². The van der Waals surface area contributed by atoms with Gasteiger partial charge in [0.1, 0.15) is 5.75 Å². The van der Waals surface area contributed by atoms with Crippen molar-refractivity contribution in [2.75, 3.05) is 11.5 Å². The molecule has 2 rings (SSSR count). The van der Waals surface area contributed by atoms with Crippen molar-refractivity contribution in [1.82, 2.24) is 5.32 Å². The van der Waals surface area contributed by atoms with Gasteiger partial charge in [-0.2, -0.15) is 20.5 Å². The van der Waals surface area contributed by atoms with Crippen molar-refractivity contribution in [2.45, 2.75) is 32.0 Å². The first-order valence-corrected chi connectivity index (χ1v) is 7.02. The highest BCUT2D eigenvalue weighted by molar-refractivity contribution is 7.99. The lowest BCUT2D eigenvalue weighted by atomic mass is 10.0. The van der Waals surface area contributed by atoms with E-state index in [0.29, 0.717) is 0 Å². The average molecular weight is 273 g/mol. The smallest absolute Gasteiger partial charge is 0.387 e. The molecule has 1 aliphatic heterocycles. The maximum Gasteiger partial charge on any atom is 0.387 e. The Balaban J connectivity index is 2.05. The van der Waals surface area contributed by atoms with E-state index < -0.39 is 6.61 Å². The topological polar surface area (TPSA) is 21.3 Å². The third-order valence-electron chi connectivity index (χ3n) is 2.82. The van der Waals surface area contributed by atoms with Crippen LogP contribution < -0.4 is 10.1 Å². The van der Waals surface area contributed by atoms with Gasteiger partial charge in [0.05, 0.1) is 0 Å². The molecule has 0 aromatic heterocycles. The number of ether oxygens (including phenoxy) is 1. The van der Waals surface area contributed by atoms with Crippen LogP contribution in [0.3, 0.4) is 0 Å². The van der Waals surface area contributed by atoms with Gasteiger partial charge in [0.15, 0.2) is 0 Å². The zero-order chi connectivity index (χ0) is 13.2. The van der Waals surface area contributed by atoms with Crippen molar-refractivity contribution >= 4 is 11.8 Å². The second-order valence-electron chi connectivity index (χ2n) is 5.04. The second-order valence-corrected chi connectivity index (χ2v) is 6.07. The van der Waals surface area contributed by atoms with E-state index >= 15 is 0 Å². The van der Waals surface area contributed by atoms with Crippen LogP contribution in [0.5, 0.6) is 5.75 Å². The van der Waals surface area contributed by atoms with Gasteiger partial charge in [-0.1, -0.05) is 12.1 Å². The van der Waals surface area contributed by atoms with Crippen molar-refractivity contribution < 1.29 is 13.5 Å². The van der Waals surface area contributed by atoms with E-state index in [2.05, 4.69) is 23.9 Å². The molecule has 5 heteroatoms. The zero-order valence-electron chi connectivity index (χ0n) is 10.5. The molecule has 2 nitrogen and oxygen atoms in total. The molecular formula is C13H17F2NOS. The number of thioether (sulfide) groups is 1. The van der Waals surface area contributed by atoms with Gasteiger partial charge in [-0.3, -0.25) is 0 Å². The first-order valence-electron chi connectivity index (χ1n) is 5.86. The fourth-order valence-electron chi connectivity index (χ4n) is 2.05. The summed E-state index contributed by atoms with van der Waals surface area (Å²) in [6, 6.07) is 7.14. The lowest BCUT2D eigenvalue weighted by Crippen LogP contribution is -2.48. The van der Waals surface area contributed by atoms with Crippen LogP contribution in [0.4, 0.5) is 8.78 Å². The Hall–Kier alpha value is -0.810. The lowest BCUT2D eigenvalue weighted by molar-refractivity contribution is -0.0498. The summed E-state index contributed by atoms with van der Waals surface area (Å²) >= 11 is 1.91. The Bertz CT molecular complexity index is 394. The number of rotatable bonds is 3. The highest BCUT2D eigenvalue weighted by Crippen LogP contribution is 2.30. The predicted octanol–water partition coefficient (Wildman–Crippen LogP) is 3.44. The number of benzene rings is 1. The fourth-order valence-corrected chi connectivity index (χ4v) is 3.27. The number of hydrogen-bond donors (Lipinski definition) is 1. The van der Waals surface area contributed by atoms with Gasteiger partial charge >= 0.3 is 6.61 Å². The summed E-state index contributed by atoms with van der Waals surface area (Å²) in [4.78, 5) is 0. The Morgan fingerprint density at radius 3 is 2.56 bits per heavy atom. The Kier molecular flexibility index (Phi) is 4.12. The van der Waals surface area contributed by atoms with E-state index in [4.69, 9.17) is 0 Å². The van der Waals surface area contributed by atoms with Gasteiger partial charge < -0.3 is 10.1 Å². The standard InChI is InChI=1S/C13H17F2NOS/c1-13(2)8-18-7-11(16-13)9-3-5-10(6-4-9)17-12(14)15/h3-6,11-12,16H,7-8H2,1-2H3. The summed E-state index contributed by atoms with van der Waals surface area (Å²) in [6.07, 6.45) is 0. The SMILES string of the molecule is CC1(C)CSCC(c2ccc(OC(F)F)cc2)N1. The summed E-state index contributed by atoms with van der Waals surface area (Å²) in [6.45, 7) is 1.57. The van der Waals surface area contributed by atoms with Crippen molar-refractivity contribution in [2.24, 2.45) is 0 Å². The largest absolute Gasteiger partial charge is 0.435 e. The molecule has 18 heavy (non-hydrogen) atoms. The van der Waals surface area contributed by atoms with Crippen LogP contribution in [-0.2, 0) is 0 Å². The highest BCUT2D eigenvalue weighted by Gasteiger charge is 2.28. The molecule has 0 spiro atoms. The molecule has 1 fully saturated rings. The van der Waals surface area contributed by atoms with Gasteiger partial charge in [-0.05, 0) is 31.5 Å². The molecule has 0 radical (unpaired) electrons. The molecule has 1 saturated heterocycles. The third-order valence-corrected chi connectivity index (χ3v) is 4.31. The molecule has 1 atom stereocenters. The molecule has 1 aliphatic rings. The Morgan fingerprint density at radius 1 is 1.33 bits per heavy atom. The van der Waals surface area contributed by atoms with E-state index in [1.54, 1.807) is 12.1 Å². The number of hydrogen-bond acceptors (Lipinski definition) is 3. The number of alkyl halides is 2. The third kappa shape index (κ3) is 3.59. The van der Waals surface area contributed by atoms with Crippen LogP contribution in [0.25, 0.3) is 0 Å². The molecule has 0 bridgehead atoms. The molecule has 0 amide bonds. The molecule has 1 aromatic rings. The minimum atomic E-state index is -2.77. The van der Waals surface area contributed by atoms with Crippen LogP contribution >= 0.6 is 11.8 Å². The van der Waals surface area contributed by atoms with Crippen molar-refractivity contribution in [3.8, 4) is 5.75 Å². The maximum atomic E-state index is 12.0. The second kappa shape index (κ2) is 5.45. The fraction of sp³-hybridized carbons (Fsp3) is 0.538. The number of halogens is 2. The minimum Gasteiger partial charge on any atom is -0.435 e. The van der Waals surface area contributed by atoms with Crippen LogP contribution in [0.1, 0.15) is 25.5 Å². The van der Waals surface area contributed by atoms with Crippen molar-refractivity contribution in [3.63, 3.8) is 0 Å². The van der Waals surface area contributed by atoms with Gasteiger partial charge in [-0.15, -0.1) is 0 Å².